The quantitative estimate of drug-likeness (QED) is 0.514. The third-order valence-corrected chi connectivity index (χ3v) is 3.51. The van der Waals surface area contributed by atoms with E-state index >= 15 is 0 Å². The number of ketones is 2. The number of Topliss-reactive ketones (excluding diaryl/α,β-unsaturated/α-hetero) is 2. The standard InChI is InChI=1S/C16H15NO2S/c1-9(18)12-5-13(10(2)19)7-14(6-12)11-3-4-16(20)15(17)8-11/h3-8,20H,17H2,1-2H3. The van der Waals surface area contributed by atoms with Crippen molar-refractivity contribution in [2.24, 2.45) is 0 Å². The first-order chi connectivity index (χ1) is 9.38. The van der Waals surface area contributed by atoms with E-state index < -0.39 is 0 Å². The average molecular weight is 285 g/mol. The van der Waals surface area contributed by atoms with Gasteiger partial charge in [0.05, 0.1) is 0 Å². The predicted molar refractivity (Wildman–Crippen MR) is 83.6 cm³/mol. The van der Waals surface area contributed by atoms with E-state index in [0.29, 0.717) is 21.7 Å². The maximum Gasteiger partial charge on any atom is 0.159 e. The fraction of sp³-hybridized carbons (Fsp3) is 0.125. The van der Waals surface area contributed by atoms with Gasteiger partial charge in [-0.2, -0.15) is 0 Å². The molecule has 2 rings (SSSR count). The minimum atomic E-state index is -0.0758. The number of nitrogen functional groups attached to an aromatic ring is 1. The van der Waals surface area contributed by atoms with Crippen molar-refractivity contribution in [2.75, 3.05) is 5.73 Å². The maximum atomic E-state index is 11.6. The zero-order chi connectivity index (χ0) is 14.9. The third kappa shape index (κ3) is 2.91. The van der Waals surface area contributed by atoms with Crippen LogP contribution in [0.3, 0.4) is 0 Å². The van der Waals surface area contributed by atoms with Gasteiger partial charge in [-0.25, -0.2) is 0 Å². The SMILES string of the molecule is CC(=O)c1cc(C(C)=O)cc(-c2ccc(S)c(N)c2)c1. The van der Waals surface area contributed by atoms with Gasteiger partial charge < -0.3 is 5.73 Å². The fourth-order valence-corrected chi connectivity index (χ4v) is 2.07. The highest BCUT2D eigenvalue weighted by Crippen LogP contribution is 2.27. The Bertz CT molecular complexity index is 675. The summed E-state index contributed by atoms with van der Waals surface area (Å²) >= 11 is 4.23. The second-order valence-corrected chi connectivity index (χ2v) is 5.17. The topological polar surface area (TPSA) is 60.2 Å². The molecule has 3 nitrogen and oxygen atoms in total. The maximum absolute atomic E-state index is 11.6. The Hall–Kier alpha value is -2.07. The Morgan fingerprint density at radius 1 is 0.900 bits per heavy atom. The van der Waals surface area contributed by atoms with Gasteiger partial charge in [0.1, 0.15) is 0 Å². The van der Waals surface area contributed by atoms with Crippen LogP contribution in [0.15, 0.2) is 41.3 Å². The van der Waals surface area contributed by atoms with Crippen molar-refractivity contribution in [3.8, 4) is 11.1 Å². The first-order valence-corrected chi connectivity index (χ1v) is 6.59. The van der Waals surface area contributed by atoms with E-state index in [4.69, 9.17) is 5.73 Å². The highest BCUT2D eigenvalue weighted by molar-refractivity contribution is 7.80. The van der Waals surface area contributed by atoms with Crippen LogP contribution < -0.4 is 5.73 Å². The fourth-order valence-electron chi connectivity index (χ4n) is 1.93. The summed E-state index contributed by atoms with van der Waals surface area (Å²) in [6, 6.07) is 10.6. The van der Waals surface area contributed by atoms with Crippen molar-refractivity contribution in [3.63, 3.8) is 0 Å². The van der Waals surface area contributed by atoms with Gasteiger partial charge in [0.25, 0.3) is 0 Å². The van der Waals surface area contributed by atoms with E-state index in [9.17, 15) is 9.59 Å². The molecule has 0 saturated carbocycles. The number of hydrogen-bond acceptors (Lipinski definition) is 4. The summed E-state index contributed by atoms with van der Waals surface area (Å²) in [7, 11) is 0. The van der Waals surface area contributed by atoms with Gasteiger partial charge in [-0.05, 0) is 55.3 Å². The lowest BCUT2D eigenvalue weighted by Crippen LogP contribution is -1.99. The largest absolute Gasteiger partial charge is 0.398 e. The number of carbonyl (C=O) groups is 2. The molecular weight excluding hydrogens is 270 g/mol. The third-order valence-electron chi connectivity index (χ3n) is 3.11. The monoisotopic (exact) mass is 285 g/mol. The zero-order valence-electron chi connectivity index (χ0n) is 11.3. The lowest BCUT2D eigenvalue weighted by atomic mass is 9.96. The van der Waals surface area contributed by atoms with Crippen molar-refractivity contribution in [3.05, 3.63) is 47.5 Å². The lowest BCUT2D eigenvalue weighted by molar-refractivity contribution is 0.101. The number of hydrogen-bond donors (Lipinski definition) is 2. The van der Waals surface area contributed by atoms with Crippen molar-refractivity contribution in [1.82, 2.24) is 0 Å². The van der Waals surface area contributed by atoms with E-state index in [1.54, 1.807) is 30.3 Å². The van der Waals surface area contributed by atoms with Crippen LogP contribution in [0.1, 0.15) is 34.6 Å². The molecule has 0 unspecified atom stereocenters. The Balaban J connectivity index is 2.63. The number of anilines is 1. The number of thiol groups is 1. The van der Waals surface area contributed by atoms with Crippen molar-refractivity contribution in [1.29, 1.82) is 0 Å². The van der Waals surface area contributed by atoms with Crippen molar-refractivity contribution in [2.45, 2.75) is 18.7 Å². The summed E-state index contributed by atoms with van der Waals surface area (Å²) in [5, 5.41) is 0. The minimum absolute atomic E-state index is 0.0758. The highest BCUT2D eigenvalue weighted by atomic mass is 32.1. The van der Waals surface area contributed by atoms with E-state index in [1.807, 2.05) is 6.07 Å². The molecule has 0 amide bonds. The Kier molecular flexibility index (Phi) is 3.95. The molecule has 2 aromatic carbocycles. The molecule has 0 aliphatic rings. The van der Waals surface area contributed by atoms with Gasteiger partial charge in [0.2, 0.25) is 0 Å². The van der Waals surface area contributed by atoms with E-state index in [2.05, 4.69) is 12.6 Å². The molecule has 4 heteroatoms. The smallest absolute Gasteiger partial charge is 0.159 e. The van der Waals surface area contributed by atoms with Gasteiger partial charge in [-0.1, -0.05) is 6.07 Å². The Labute approximate surface area is 123 Å². The molecule has 0 saturated heterocycles. The highest BCUT2D eigenvalue weighted by Gasteiger charge is 2.10. The van der Waals surface area contributed by atoms with Crippen LogP contribution in [-0.4, -0.2) is 11.6 Å². The average Bonchev–Trinajstić information content (AvgIpc) is 2.41. The van der Waals surface area contributed by atoms with Gasteiger partial charge in [0, 0.05) is 21.7 Å². The molecule has 2 N–H and O–H groups in total. The molecule has 0 bridgehead atoms. The summed E-state index contributed by atoms with van der Waals surface area (Å²) in [6.07, 6.45) is 0. The first kappa shape index (κ1) is 14.3. The predicted octanol–water partition coefficient (Wildman–Crippen LogP) is 3.63. The van der Waals surface area contributed by atoms with E-state index in [-0.39, 0.29) is 11.6 Å². The number of nitrogens with two attached hydrogens (primary N) is 1. The van der Waals surface area contributed by atoms with Gasteiger partial charge in [-0.15, -0.1) is 12.6 Å². The Morgan fingerprint density at radius 3 is 1.90 bits per heavy atom. The van der Waals surface area contributed by atoms with Gasteiger partial charge >= 0.3 is 0 Å². The first-order valence-electron chi connectivity index (χ1n) is 6.14. The molecule has 0 fully saturated rings. The summed E-state index contributed by atoms with van der Waals surface area (Å²) < 4.78 is 0. The van der Waals surface area contributed by atoms with Crippen LogP contribution in [0.4, 0.5) is 5.69 Å². The summed E-state index contributed by atoms with van der Waals surface area (Å²) in [5.74, 6) is -0.152. The van der Waals surface area contributed by atoms with Crippen LogP contribution in [0, 0.1) is 0 Å². The van der Waals surface area contributed by atoms with Crippen molar-refractivity contribution >= 4 is 29.9 Å². The zero-order valence-corrected chi connectivity index (χ0v) is 12.2. The Morgan fingerprint density at radius 2 is 1.45 bits per heavy atom. The van der Waals surface area contributed by atoms with Crippen LogP contribution >= 0.6 is 12.6 Å². The summed E-state index contributed by atoms with van der Waals surface area (Å²) in [4.78, 5) is 23.9. The van der Waals surface area contributed by atoms with Crippen LogP contribution in [-0.2, 0) is 0 Å². The van der Waals surface area contributed by atoms with Crippen LogP contribution in [0.5, 0.6) is 0 Å². The molecule has 0 atom stereocenters. The molecule has 0 aromatic heterocycles. The molecule has 0 aliphatic heterocycles. The number of benzene rings is 2. The molecule has 0 radical (unpaired) electrons. The van der Waals surface area contributed by atoms with E-state index in [0.717, 1.165) is 11.1 Å². The summed E-state index contributed by atoms with van der Waals surface area (Å²) in [5.41, 5.74) is 9.08. The number of rotatable bonds is 3. The van der Waals surface area contributed by atoms with Crippen molar-refractivity contribution < 1.29 is 9.59 Å². The molecule has 0 heterocycles. The normalized spacial score (nSPS) is 10.3. The minimum Gasteiger partial charge on any atom is -0.398 e. The molecule has 2 aromatic rings. The molecular formula is C16H15NO2S. The molecule has 102 valence electrons. The second kappa shape index (κ2) is 5.51. The molecule has 0 aliphatic carbocycles. The molecule has 20 heavy (non-hydrogen) atoms. The van der Waals surface area contributed by atoms with Crippen LogP contribution in [0.25, 0.3) is 11.1 Å². The molecule has 0 spiro atoms. The number of carbonyl (C=O) groups excluding carboxylic acids is 2. The van der Waals surface area contributed by atoms with E-state index in [1.165, 1.54) is 13.8 Å². The second-order valence-electron chi connectivity index (χ2n) is 4.69. The summed E-state index contributed by atoms with van der Waals surface area (Å²) in [6.45, 7) is 2.96. The van der Waals surface area contributed by atoms with Gasteiger partial charge in [-0.3, -0.25) is 9.59 Å². The van der Waals surface area contributed by atoms with Crippen LogP contribution in [0.2, 0.25) is 0 Å². The van der Waals surface area contributed by atoms with Gasteiger partial charge in [0.15, 0.2) is 11.6 Å². The lowest BCUT2D eigenvalue weighted by Gasteiger charge is -2.08.